The fourth-order valence-electron chi connectivity index (χ4n) is 4.08. The Kier molecular flexibility index (Phi) is 3.30. The van der Waals surface area contributed by atoms with E-state index in [1.807, 2.05) is 6.92 Å². The van der Waals surface area contributed by atoms with Gasteiger partial charge in [-0.05, 0) is 63.2 Å². The first kappa shape index (κ1) is 13.6. The summed E-state index contributed by atoms with van der Waals surface area (Å²) in [6.07, 6.45) is 6.93. The summed E-state index contributed by atoms with van der Waals surface area (Å²) in [5.74, 6) is 0.202. The zero-order valence-corrected chi connectivity index (χ0v) is 11.6. The van der Waals surface area contributed by atoms with Crippen molar-refractivity contribution in [3.63, 3.8) is 0 Å². The first-order valence-electron chi connectivity index (χ1n) is 6.91. The van der Waals surface area contributed by atoms with Crippen LogP contribution in [0.5, 0.6) is 0 Å². The van der Waals surface area contributed by atoms with Crippen LogP contribution in [0.25, 0.3) is 0 Å². The molecule has 0 aromatic heterocycles. The smallest absolute Gasteiger partial charge is 0.330 e. The quantitative estimate of drug-likeness (QED) is 0.756. The van der Waals surface area contributed by atoms with Crippen molar-refractivity contribution in [3.05, 3.63) is 11.6 Å². The average molecular weight is 252 g/mol. The van der Waals surface area contributed by atoms with Crippen LogP contribution in [-0.2, 0) is 4.79 Å². The molecule has 0 aliphatic heterocycles. The number of rotatable bonds is 4. The Labute approximate surface area is 109 Å². The van der Waals surface area contributed by atoms with Gasteiger partial charge in [-0.3, -0.25) is 0 Å². The Morgan fingerprint density at radius 3 is 2.44 bits per heavy atom. The minimum atomic E-state index is -0.847. The first-order valence-corrected chi connectivity index (χ1v) is 6.91. The van der Waals surface area contributed by atoms with Crippen LogP contribution in [0.1, 0.15) is 52.9 Å². The standard InChI is InChI=1S/C15H24O3/c1-10(13(16)17)5-4-8-14(2)11-6-7-12(9-11)15(14,3)18/h5,11-12,18H,4,6-9H2,1-3H3,(H,16,17). The summed E-state index contributed by atoms with van der Waals surface area (Å²) in [4.78, 5) is 10.7. The molecule has 4 atom stereocenters. The van der Waals surface area contributed by atoms with Gasteiger partial charge in [0, 0.05) is 5.57 Å². The van der Waals surface area contributed by atoms with Gasteiger partial charge in [-0.25, -0.2) is 4.79 Å². The molecule has 102 valence electrons. The number of allylic oxidation sites excluding steroid dienone is 1. The topological polar surface area (TPSA) is 57.5 Å². The van der Waals surface area contributed by atoms with Gasteiger partial charge in [0.25, 0.3) is 0 Å². The molecule has 2 bridgehead atoms. The number of fused-ring (bicyclic) bond motifs is 2. The molecule has 18 heavy (non-hydrogen) atoms. The maximum absolute atomic E-state index is 10.7. The summed E-state index contributed by atoms with van der Waals surface area (Å²) in [6, 6.07) is 0. The van der Waals surface area contributed by atoms with Crippen molar-refractivity contribution in [3.8, 4) is 0 Å². The van der Waals surface area contributed by atoms with E-state index < -0.39 is 11.6 Å². The molecule has 0 aromatic carbocycles. The number of carboxylic acid groups (broad SMARTS) is 1. The second kappa shape index (κ2) is 4.37. The normalized spacial score (nSPS) is 43.4. The predicted molar refractivity (Wildman–Crippen MR) is 70.2 cm³/mol. The van der Waals surface area contributed by atoms with Gasteiger partial charge in [-0.2, -0.15) is 0 Å². The SMILES string of the molecule is CC(=CCCC1(C)C2CCC(C2)C1(C)O)C(=O)O. The van der Waals surface area contributed by atoms with E-state index in [9.17, 15) is 9.90 Å². The van der Waals surface area contributed by atoms with Crippen molar-refractivity contribution in [2.24, 2.45) is 17.3 Å². The molecule has 0 saturated heterocycles. The number of carboxylic acids is 1. The van der Waals surface area contributed by atoms with Crippen molar-refractivity contribution < 1.29 is 15.0 Å². The van der Waals surface area contributed by atoms with Crippen LogP contribution < -0.4 is 0 Å². The lowest BCUT2D eigenvalue weighted by Crippen LogP contribution is -2.48. The second-order valence-electron chi connectivity index (χ2n) is 6.50. The molecule has 0 amide bonds. The van der Waals surface area contributed by atoms with Crippen LogP contribution in [0.15, 0.2) is 11.6 Å². The predicted octanol–water partition coefficient (Wildman–Crippen LogP) is 2.98. The fraction of sp³-hybridized carbons (Fsp3) is 0.800. The van der Waals surface area contributed by atoms with E-state index in [1.54, 1.807) is 13.0 Å². The van der Waals surface area contributed by atoms with E-state index in [2.05, 4.69) is 6.92 Å². The Morgan fingerprint density at radius 1 is 1.33 bits per heavy atom. The Bertz CT molecular complexity index is 383. The molecule has 0 radical (unpaired) electrons. The highest BCUT2D eigenvalue weighted by atomic mass is 16.4. The largest absolute Gasteiger partial charge is 0.478 e. The highest BCUT2D eigenvalue weighted by Gasteiger charge is 2.61. The van der Waals surface area contributed by atoms with Gasteiger partial charge in [0.05, 0.1) is 5.60 Å². The van der Waals surface area contributed by atoms with E-state index >= 15 is 0 Å². The van der Waals surface area contributed by atoms with Crippen LogP contribution in [-0.4, -0.2) is 21.8 Å². The lowest BCUT2D eigenvalue weighted by molar-refractivity contribution is -0.132. The molecule has 2 aliphatic carbocycles. The summed E-state index contributed by atoms with van der Waals surface area (Å²) in [6.45, 7) is 5.79. The van der Waals surface area contributed by atoms with E-state index in [0.29, 0.717) is 17.4 Å². The summed E-state index contributed by atoms with van der Waals surface area (Å²) < 4.78 is 0. The number of hydrogen-bond acceptors (Lipinski definition) is 2. The minimum absolute atomic E-state index is 0.0504. The van der Waals surface area contributed by atoms with E-state index in [0.717, 1.165) is 25.7 Å². The van der Waals surface area contributed by atoms with Crippen LogP contribution >= 0.6 is 0 Å². The number of hydrogen-bond donors (Lipinski definition) is 2. The maximum atomic E-state index is 10.7. The van der Waals surface area contributed by atoms with Crippen molar-refractivity contribution in [1.29, 1.82) is 0 Å². The third kappa shape index (κ3) is 1.89. The van der Waals surface area contributed by atoms with Crippen molar-refractivity contribution in [1.82, 2.24) is 0 Å². The zero-order valence-electron chi connectivity index (χ0n) is 11.6. The van der Waals surface area contributed by atoms with Crippen molar-refractivity contribution in [2.75, 3.05) is 0 Å². The molecule has 0 aromatic rings. The van der Waals surface area contributed by atoms with Crippen LogP contribution in [0.2, 0.25) is 0 Å². The summed E-state index contributed by atoms with van der Waals surface area (Å²) in [7, 11) is 0. The highest BCUT2D eigenvalue weighted by molar-refractivity contribution is 5.85. The first-order chi connectivity index (χ1) is 8.29. The lowest BCUT2D eigenvalue weighted by Gasteiger charge is -2.46. The number of aliphatic hydroxyl groups is 1. The second-order valence-corrected chi connectivity index (χ2v) is 6.50. The lowest BCUT2D eigenvalue weighted by atomic mass is 9.63. The molecule has 2 fully saturated rings. The number of aliphatic carboxylic acids is 1. The highest BCUT2D eigenvalue weighted by Crippen LogP contribution is 2.63. The summed E-state index contributed by atoms with van der Waals surface area (Å²) >= 11 is 0. The van der Waals surface area contributed by atoms with E-state index in [4.69, 9.17) is 5.11 Å². The number of carbonyl (C=O) groups is 1. The van der Waals surface area contributed by atoms with Crippen LogP contribution in [0.3, 0.4) is 0 Å². The van der Waals surface area contributed by atoms with Gasteiger partial charge in [0.1, 0.15) is 0 Å². The molecule has 2 saturated carbocycles. The van der Waals surface area contributed by atoms with Crippen LogP contribution in [0, 0.1) is 17.3 Å². The van der Waals surface area contributed by atoms with Crippen molar-refractivity contribution >= 4 is 5.97 Å². The zero-order chi connectivity index (χ0) is 13.6. The van der Waals surface area contributed by atoms with Gasteiger partial charge in [0.15, 0.2) is 0 Å². The molecule has 2 rings (SSSR count). The Hall–Kier alpha value is -0.830. The van der Waals surface area contributed by atoms with Gasteiger partial charge >= 0.3 is 5.97 Å². The molecule has 4 unspecified atom stereocenters. The fourth-order valence-corrected chi connectivity index (χ4v) is 4.08. The van der Waals surface area contributed by atoms with Gasteiger partial charge in [-0.15, -0.1) is 0 Å². The Morgan fingerprint density at radius 2 is 1.94 bits per heavy atom. The molecule has 3 nitrogen and oxygen atoms in total. The summed E-state index contributed by atoms with van der Waals surface area (Å²) in [5.41, 5.74) is -0.229. The van der Waals surface area contributed by atoms with Gasteiger partial charge in [-0.1, -0.05) is 13.0 Å². The monoisotopic (exact) mass is 252 g/mol. The molecule has 0 heterocycles. The van der Waals surface area contributed by atoms with Gasteiger partial charge < -0.3 is 10.2 Å². The van der Waals surface area contributed by atoms with Crippen LogP contribution in [0.4, 0.5) is 0 Å². The Balaban J connectivity index is 2.04. The maximum Gasteiger partial charge on any atom is 0.330 e. The van der Waals surface area contributed by atoms with Gasteiger partial charge in [0.2, 0.25) is 0 Å². The molecule has 3 heteroatoms. The van der Waals surface area contributed by atoms with E-state index in [1.165, 1.54) is 6.42 Å². The summed E-state index contributed by atoms with van der Waals surface area (Å²) in [5, 5.41) is 19.6. The molecule has 2 N–H and O–H groups in total. The van der Waals surface area contributed by atoms with Crippen molar-refractivity contribution in [2.45, 2.75) is 58.5 Å². The minimum Gasteiger partial charge on any atom is -0.478 e. The molecular weight excluding hydrogens is 228 g/mol. The third-order valence-electron chi connectivity index (χ3n) is 5.74. The molecule has 2 aliphatic rings. The average Bonchev–Trinajstić information content (AvgIpc) is 2.82. The molecular formula is C15H24O3. The van der Waals surface area contributed by atoms with E-state index in [-0.39, 0.29) is 5.41 Å². The third-order valence-corrected chi connectivity index (χ3v) is 5.74. The molecule has 0 spiro atoms.